The Bertz CT molecular complexity index is 647. The van der Waals surface area contributed by atoms with Crippen LogP contribution in [-0.4, -0.2) is 22.6 Å². The Morgan fingerprint density at radius 2 is 2.15 bits per heavy atom. The third-order valence-electron chi connectivity index (χ3n) is 3.46. The first-order valence-corrected chi connectivity index (χ1v) is 6.66. The predicted molar refractivity (Wildman–Crippen MR) is 77.4 cm³/mol. The number of hydrogen-bond donors (Lipinski definition) is 2. The SMILES string of the molecule is N#Cc1nccnc1NCC1CCc2ccccc2N1. The van der Waals surface area contributed by atoms with Gasteiger partial charge in [-0.3, -0.25) is 0 Å². The van der Waals surface area contributed by atoms with Crippen molar-refractivity contribution < 1.29 is 0 Å². The number of aromatic nitrogens is 2. The Morgan fingerprint density at radius 1 is 1.30 bits per heavy atom. The molecule has 1 aliphatic heterocycles. The molecule has 1 unspecified atom stereocenters. The summed E-state index contributed by atoms with van der Waals surface area (Å²) in [4.78, 5) is 8.14. The monoisotopic (exact) mass is 265 g/mol. The summed E-state index contributed by atoms with van der Waals surface area (Å²) in [5.41, 5.74) is 2.90. The molecule has 2 aromatic rings. The summed E-state index contributed by atoms with van der Waals surface area (Å²) in [6, 6.07) is 10.7. The molecule has 1 aromatic carbocycles. The van der Waals surface area contributed by atoms with Crippen LogP contribution in [0.15, 0.2) is 36.7 Å². The Kier molecular flexibility index (Phi) is 3.46. The van der Waals surface area contributed by atoms with Gasteiger partial charge in [0, 0.05) is 30.7 Å². The van der Waals surface area contributed by atoms with Gasteiger partial charge in [0.15, 0.2) is 11.5 Å². The molecule has 3 rings (SSSR count). The van der Waals surface area contributed by atoms with E-state index in [0.717, 1.165) is 19.4 Å². The minimum Gasteiger partial charge on any atom is -0.380 e. The first-order valence-electron chi connectivity index (χ1n) is 6.66. The second kappa shape index (κ2) is 5.57. The number of aryl methyl sites for hydroxylation is 1. The van der Waals surface area contributed by atoms with E-state index in [1.165, 1.54) is 17.4 Å². The van der Waals surface area contributed by atoms with Crippen molar-refractivity contribution in [3.05, 3.63) is 47.9 Å². The van der Waals surface area contributed by atoms with E-state index >= 15 is 0 Å². The first-order chi connectivity index (χ1) is 9.86. The second-order valence-corrected chi connectivity index (χ2v) is 4.78. The highest BCUT2D eigenvalue weighted by molar-refractivity contribution is 5.54. The molecule has 0 spiro atoms. The predicted octanol–water partition coefficient (Wildman–Crippen LogP) is 2.19. The molecule has 5 heteroatoms. The number of nitrogens with zero attached hydrogens (tertiary/aromatic N) is 3. The normalized spacial score (nSPS) is 16.6. The molecule has 0 bridgehead atoms. The Morgan fingerprint density at radius 3 is 3.05 bits per heavy atom. The number of nitrogens with one attached hydrogen (secondary N) is 2. The Hall–Kier alpha value is -2.61. The number of fused-ring (bicyclic) bond motifs is 1. The number of rotatable bonds is 3. The van der Waals surface area contributed by atoms with Gasteiger partial charge in [-0.1, -0.05) is 18.2 Å². The van der Waals surface area contributed by atoms with Crippen LogP contribution in [-0.2, 0) is 6.42 Å². The van der Waals surface area contributed by atoms with Crippen molar-refractivity contribution in [3.63, 3.8) is 0 Å². The molecule has 0 saturated carbocycles. The van der Waals surface area contributed by atoms with E-state index in [2.05, 4.69) is 38.8 Å². The molecular weight excluding hydrogens is 250 g/mol. The Labute approximate surface area is 117 Å². The molecule has 0 saturated heterocycles. The largest absolute Gasteiger partial charge is 0.380 e. The van der Waals surface area contributed by atoms with E-state index in [9.17, 15) is 0 Å². The van der Waals surface area contributed by atoms with E-state index in [0.29, 0.717) is 17.6 Å². The van der Waals surface area contributed by atoms with Crippen LogP contribution in [0.2, 0.25) is 0 Å². The lowest BCUT2D eigenvalue weighted by Crippen LogP contribution is -2.32. The number of para-hydroxylation sites is 1. The van der Waals surface area contributed by atoms with Crippen LogP contribution in [0.4, 0.5) is 11.5 Å². The lowest BCUT2D eigenvalue weighted by atomic mass is 9.98. The summed E-state index contributed by atoms with van der Waals surface area (Å²) in [6.45, 7) is 0.724. The van der Waals surface area contributed by atoms with Crippen molar-refractivity contribution >= 4 is 11.5 Å². The molecule has 0 aliphatic carbocycles. The molecule has 0 radical (unpaired) electrons. The zero-order valence-corrected chi connectivity index (χ0v) is 11.0. The highest BCUT2D eigenvalue weighted by atomic mass is 15.1. The lowest BCUT2D eigenvalue weighted by Gasteiger charge is -2.27. The van der Waals surface area contributed by atoms with Crippen LogP contribution in [0, 0.1) is 11.3 Å². The highest BCUT2D eigenvalue weighted by Gasteiger charge is 2.17. The smallest absolute Gasteiger partial charge is 0.182 e. The average Bonchev–Trinajstić information content (AvgIpc) is 2.53. The van der Waals surface area contributed by atoms with Gasteiger partial charge in [0.05, 0.1) is 0 Å². The van der Waals surface area contributed by atoms with Crippen LogP contribution >= 0.6 is 0 Å². The summed E-state index contributed by atoms with van der Waals surface area (Å²) in [5, 5.41) is 15.7. The molecule has 2 heterocycles. The Balaban J connectivity index is 1.65. The van der Waals surface area contributed by atoms with Gasteiger partial charge in [0.25, 0.3) is 0 Å². The fourth-order valence-electron chi connectivity index (χ4n) is 2.42. The summed E-state index contributed by atoms with van der Waals surface area (Å²) < 4.78 is 0. The number of anilines is 2. The summed E-state index contributed by atoms with van der Waals surface area (Å²) in [6.07, 6.45) is 5.25. The van der Waals surface area contributed by atoms with Crippen molar-refractivity contribution in [2.24, 2.45) is 0 Å². The zero-order chi connectivity index (χ0) is 13.8. The molecule has 0 amide bonds. The molecule has 20 heavy (non-hydrogen) atoms. The highest BCUT2D eigenvalue weighted by Crippen LogP contribution is 2.24. The molecule has 0 fully saturated rings. The molecule has 1 aromatic heterocycles. The van der Waals surface area contributed by atoms with Crippen molar-refractivity contribution in [3.8, 4) is 6.07 Å². The standard InChI is InChI=1S/C15H15N5/c16-9-14-15(18-8-7-17-14)19-10-12-6-5-11-3-1-2-4-13(11)20-12/h1-4,7-8,12,20H,5-6,10H2,(H,18,19). The van der Waals surface area contributed by atoms with Crippen molar-refractivity contribution in [2.75, 3.05) is 17.2 Å². The van der Waals surface area contributed by atoms with Gasteiger partial charge in [0.1, 0.15) is 6.07 Å². The van der Waals surface area contributed by atoms with Crippen LogP contribution in [0.3, 0.4) is 0 Å². The molecule has 1 aliphatic rings. The molecular formula is C15H15N5. The topological polar surface area (TPSA) is 73.6 Å². The van der Waals surface area contributed by atoms with Gasteiger partial charge >= 0.3 is 0 Å². The maximum Gasteiger partial charge on any atom is 0.182 e. The van der Waals surface area contributed by atoms with E-state index in [1.54, 1.807) is 6.20 Å². The van der Waals surface area contributed by atoms with E-state index in [-0.39, 0.29) is 0 Å². The third-order valence-corrected chi connectivity index (χ3v) is 3.46. The number of nitriles is 1. The minimum atomic E-state index is 0.332. The summed E-state index contributed by atoms with van der Waals surface area (Å²) in [7, 11) is 0. The molecule has 5 nitrogen and oxygen atoms in total. The number of benzene rings is 1. The fraction of sp³-hybridized carbons (Fsp3) is 0.267. The van der Waals surface area contributed by atoms with Crippen LogP contribution < -0.4 is 10.6 Å². The van der Waals surface area contributed by atoms with Gasteiger partial charge in [-0.15, -0.1) is 0 Å². The van der Waals surface area contributed by atoms with Crippen LogP contribution in [0.5, 0.6) is 0 Å². The maximum atomic E-state index is 8.98. The van der Waals surface area contributed by atoms with Gasteiger partial charge in [-0.2, -0.15) is 5.26 Å². The van der Waals surface area contributed by atoms with Crippen molar-refractivity contribution in [1.29, 1.82) is 5.26 Å². The van der Waals surface area contributed by atoms with Crippen LogP contribution in [0.25, 0.3) is 0 Å². The molecule has 100 valence electrons. The molecule has 2 N–H and O–H groups in total. The fourth-order valence-corrected chi connectivity index (χ4v) is 2.42. The van der Waals surface area contributed by atoms with E-state index in [1.807, 2.05) is 12.1 Å². The quantitative estimate of drug-likeness (QED) is 0.890. The van der Waals surface area contributed by atoms with Crippen molar-refractivity contribution in [2.45, 2.75) is 18.9 Å². The zero-order valence-electron chi connectivity index (χ0n) is 11.0. The maximum absolute atomic E-state index is 8.98. The average molecular weight is 265 g/mol. The summed E-state index contributed by atoms with van der Waals surface area (Å²) in [5.74, 6) is 0.552. The minimum absolute atomic E-state index is 0.332. The second-order valence-electron chi connectivity index (χ2n) is 4.78. The van der Waals surface area contributed by atoms with Crippen molar-refractivity contribution in [1.82, 2.24) is 9.97 Å². The van der Waals surface area contributed by atoms with Crippen LogP contribution in [0.1, 0.15) is 17.7 Å². The van der Waals surface area contributed by atoms with Gasteiger partial charge in [-0.05, 0) is 24.5 Å². The van der Waals surface area contributed by atoms with Gasteiger partial charge in [0.2, 0.25) is 0 Å². The van der Waals surface area contributed by atoms with E-state index < -0.39 is 0 Å². The number of hydrogen-bond acceptors (Lipinski definition) is 5. The molecule has 1 atom stereocenters. The lowest BCUT2D eigenvalue weighted by molar-refractivity contribution is 0.653. The summed E-state index contributed by atoms with van der Waals surface area (Å²) >= 11 is 0. The first kappa shape index (κ1) is 12.4. The van der Waals surface area contributed by atoms with Gasteiger partial charge in [-0.25, -0.2) is 9.97 Å². The van der Waals surface area contributed by atoms with Gasteiger partial charge < -0.3 is 10.6 Å². The third kappa shape index (κ3) is 2.54. The van der Waals surface area contributed by atoms with E-state index in [4.69, 9.17) is 5.26 Å².